The molecule has 1 saturated heterocycles. The normalized spacial score (nSPS) is 19.4. The van der Waals surface area contributed by atoms with Crippen LogP contribution in [0.4, 0.5) is 5.69 Å². The highest BCUT2D eigenvalue weighted by molar-refractivity contribution is 14.1. The van der Waals surface area contributed by atoms with E-state index in [0.29, 0.717) is 4.43 Å². The lowest BCUT2D eigenvalue weighted by atomic mass is 10.2. The summed E-state index contributed by atoms with van der Waals surface area (Å²) in [7, 11) is -3.92. The van der Waals surface area contributed by atoms with E-state index in [0.717, 1.165) is 28.6 Å². The molecule has 7 nitrogen and oxygen atoms in total. The van der Waals surface area contributed by atoms with Crippen LogP contribution in [0.25, 0.3) is 0 Å². The number of carbonyl (C=O) groups is 1. The van der Waals surface area contributed by atoms with Gasteiger partial charge in [0, 0.05) is 29.5 Å². The van der Waals surface area contributed by atoms with Crippen LogP contribution in [0.15, 0.2) is 29.2 Å². The highest BCUT2D eigenvalue weighted by Gasteiger charge is 2.37. The van der Waals surface area contributed by atoms with Crippen molar-refractivity contribution in [2.75, 3.05) is 11.0 Å². The Morgan fingerprint density at radius 2 is 1.95 bits per heavy atom. The van der Waals surface area contributed by atoms with Gasteiger partial charge < -0.3 is 0 Å². The van der Waals surface area contributed by atoms with Crippen molar-refractivity contribution in [1.82, 2.24) is 4.31 Å². The summed E-state index contributed by atoms with van der Waals surface area (Å²) in [4.78, 5) is 21.6. The number of nitrogens with zero attached hydrogens (tertiary/aromatic N) is 2. The first-order valence-corrected chi connectivity index (χ1v) is 8.69. The molecule has 2 rings (SSSR count). The van der Waals surface area contributed by atoms with Crippen LogP contribution in [-0.4, -0.2) is 34.5 Å². The van der Waals surface area contributed by atoms with Crippen LogP contribution >= 0.6 is 22.6 Å². The van der Waals surface area contributed by atoms with Gasteiger partial charge in [-0.2, -0.15) is 0 Å². The van der Waals surface area contributed by atoms with E-state index in [1.165, 1.54) is 0 Å². The highest BCUT2D eigenvalue weighted by atomic mass is 127. The molecule has 0 saturated carbocycles. The third kappa shape index (κ3) is 2.77. The van der Waals surface area contributed by atoms with Gasteiger partial charge in [-0.1, -0.05) is 22.6 Å². The van der Waals surface area contributed by atoms with Gasteiger partial charge in [0.25, 0.3) is 15.7 Å². The van der Waals surface area contributed by atoms with Gasteiger partial charge >= 0.3 is 0 Å². The third-order valence-electron chi connectivity index (χ3n) is 3.02. The number of hydrogen-bond acceptors (Lipinski definition) is 5. The zero-order valence-corrected chi connectivity index (χ0v) is 13.2. The Morgan fingerprint density at radius 1 is 1.35 bits per heavy atom. The molecule has 0 aromatic heterocycles. The molecule has 9 heteroatoms. The maximum Gasteiger partial charge on any atom is 0.269 e. The second kappa shape index (κ2) is 5.64. The van der Waals surface area contributed by atoms with E-state index in [1.54, 1.807) is 0 Å². The first-order valence-electron chi connectivity index (χ1n) is 5.72. The van der Waals surface area contributed by atoms with E-state index in [-0.39, 0.29) is 29.5 Å². The molecule has 1 aromatic carbocycles. The van der Waals surface area contributed by atoms with Crippen LogP contribution in [0.3, 0.4) is 0 Å². The zero-order chi connectivity index (χ0) is 14.9. The van der Waals surface area contributed by atoms with E-state index < -0.39 is 20.9 Å². The van der Waals surface area contributed by atoms with E-state index >= 15 is 0 Å². The van der Waals surface area contributed by atoms with Crippen LogP contribution < -0.4 is 0 Å². The number of non-ortho nitro benzene ring substituents is 1. The first-order chi connectivity index (χ1) is 9.36. The fourth-order valence-corrected chi connectivity index (χ4v) is 4.03. The van der Waals surface area contributed by atoms with Crippen molar-refractivity contribution in [3.8, 4) is 0 Å². The summed E-state index contributed by atoms with van der Waals surface area (Å²) in [6.07, 6.45) is 0.217. The molecule has 0 spiro atoms. The maximum atomic E-state index is 12.3. The van der Waals surface area contributed by atoms with Crippen molar-refractivity contribution in [2.24, 2.45) is 5.92 Å². The lowest BCUT2D eigenvalue weighted by molar-refractivity contribution is -0.384. The fraction of sp³-hybridized carbons (Fsp3) is 0.364. The molecule has 0 bridgehead atoms. The van der Waals surface area contributed by atoms with E-state index in [4.69, 9.17) is 0 Å². The number of benzene rings is 1. The second-order valence-corrected chi connectivity index (χ2v) is 7.15. The minimum Gasteiger partial charge on any atom is -0.274 e. The van der Waals surface area contributed by atoms with Crippen molar-refractivity contribution >= 4 is 44.2 Å². The Bertz CT molecular complexity index is 643. The van der Waals surface area contributed by atoms with Crippen LogP contribution in [0.1, 0.15) is 6.42 Å². The van der Waals surface area contributed by atoms with Gasteiger partial charge in [-0.25, -0.2) is 12.7 Å². The predicted molar refractivity (Wildman–Crippen MR) is 79.0 cm³/mol. The standard InChI is InChI=1S/C11H11IN2O5S/c12-6-8-5-11(15)13(7-8)20(18,19)10-3-1-9(2-4-10)14(16)17/h1-4,8H,5-7H2. The predicted octanol–water partition coefficient (Wildman–Crippen LogP) is 1.57. The second-order valence-electron chi connectivity index (χ2n) is 4.41. The van der Waals surface area contributed by atoms with Gasteiger partial charge in [0.05, 0.1) is 9.82 Å². The zero-order valence-electron chi connectivity index (χ0n) is 10.2. The Labute approximate surface area is 129 Å². The van der Waals surface area contributed by atoms with Gasteiger partial charge in [-0.05, 0) is 18.1 Å². The lowest BCUT2D eigenvalue weighted by Crippen LogP contribution is -2.32. The SMILES string of the molecule is O=C1CC(CI)CN1S(=O)(=O)c1ccc([N+](=O)[O-])cc1. The minimum atomic E-state index is -3.92. The molecule has 0 radical (unpaired) electrons. The molecule has 0 aliphatic carbocycles. The largest absolute Gasteiger partial charge is 0.274 e. The molecule has 1 heterocycles. The minimum absolute atomic E-state index is 0.0240. The van der Waals surface area contributed by atoms with E-state index in [1.807, 2.05) is 0 Å². The van der Waals surface area contributed by atoms with Crippen molar-refractivity contribution in [1.29, 1.82) is 0 Å². The number of rotatable bonds is 4. The summed E-state index contributed by atoms with van der Waals surface area (Å²) in [6.45, 7) is 0.168. The molecule has 1 amide bonds. The van der Waals surface area contributed by atoms with Crippen molar-refractivity contribution in [2.45, 2.75) is 11.3 Å². The fourth-order valence-electron chi connectivity index (χ4n) is 1.95. The van der Waals surface area contributed by atoms with Gasteiger partial charge in [-0.3, -0.25) is 14.9 Å². The molecule has 1 aliphatic rings. The Hall–Kier alpha value is -1.23. The van der Waals surface area contributed by atoms with Crippen LogP contribution in [0, 0.1) is 16.0 Å². The van der Waals surface area contributed by atoms with Crippen LogP contribution in [-0.2, 0) is 14.8 Å². The number of nitro benzene ring substituents is 1. The highest BCUT2D eigenvalue weighted by Crippen LogP contribution is 2.27. The van der Waals surface area contributed by atoms with E-state index in [2.05, 4.69) is 22.6 Å². The van der Waals surface area contributed by atoms with Crippen LogP contribution in [0.5, 0.6) is 0 Å². The summed E-state index contributed by atoms with van der Waals surface area (Å²) in [6, 6.07) is 4.53. The molecule has 1 aliphatic heterocycles. The van der Waals surface area contributed by atoms with Gasteiger partial charge in [0.2, 0.25) is 5.91 Å². The number of carbonyl (C=O) groups excluding carboxylic acids is 1. The number of hydrogen-bond donors (Lipinski definition) is 0. The molecule has 1 atom stereocenters. The van der Waals surface area contributed by atoms with Crippen molar-refractivity contribution in [3.63, 3.8) is 0 Å². The molecule has 1 fully saturated rings. The van der Waals surface area contributed by atoms with Gasteiger partial charge in [-0.15, -0.1) is 0 Å². The van der Waals surface area contributed by atoms with Gasteiger partial charge in [0.1, 0.15) is 0 Å². The Kier molecular flexibility index (Phi) is 4.28. The molecular formula is C11H11IN2O5S. The quantitative estimate of drug-likeness (QED) is 0.325. The molecule has 1 aromatic rings. The van der Waals surface area contributed by atoms with Crippen LogP contribution in [0.2, 0.25) is 0 Å². The number of amides is 1. The summed E-state index contributed by atoms with van der Waals surface area (Å²) in [5.74, 6) is -0.402. The average molecular weight is 410 g/mol. The first kappa shape index (κ1) is 15.2. The van der Waals surface area contributed by atoms with Gasteiger partial charge in [0.15, 0.2) is 0 Å². The lowest BCUT2D eigenvalue weighted by Gasteiger charge is -2.16. The molecular weight excluding hydrogens is 399 g/mol. The maximum absolute atomic E-state index is 12.3. The number of halogens is 1. The third-order valence-corrected chi connectivity index (χ3v) is 6.07. The Balaban J connectivity index is 2.31. The number of sulfonamides is 1. The molecule has 20 heavy (non-hydrogen) atoms. The number of nitro groups is 1. The monoisotopic (exact) mass is 410 g/mol. The summed E-state index contributed by atoms with van der Waals surface area (Å²) in [5, 5.41) is 10.5. The average Bonchev–Trinajstić information content (AvgIpc) is 2.81. The summed E-state index contributed by atoms with van der Waals surface area (Å²) >= 11 is 2.12. The molecule has 1 unspecified atom stereocenters. The van der Waals surface area contributed by atoms with Crippen molar-refractivity contribution < 1.29 is 18.1 Å². The molecule has 0 N–H and O–H groups in total. The summed E-state index contributed by atoms with van der Waals surface area (Å²) in [5.41, 5.74) is -0.193. The topological polar surface area (TPSA) is 97.6 Å². The van der Waals surface area contributed by atoms with E-state index in [9.17, 15) is 23.3 Å². The smallest absolute Gasteiger partial charge is 0.269 e. The Morgan fingerprint density at radius 3 is 2.40 bits per heavy atom. The number of alkyl halides is 1. The van der Waals surface area contributed by atoms with Crippen molar-refractivity contribution in [3.05, 3.63) is 34.4 Å². The summed E-state index contributed by atoms with van der Waals surface area (Å²) < 4.78 is 26.2. The molecule has 108 valence electrons.